The highest BCUT2D eigenvalue weighted by Gasteiger charge is 2.35. The fourth-order valence-electron chi connectivity index (χ4n) is 8.51. The number of H-pyrrole nitrogens is 2. The van der Waals surface area contributed by atoms with Crippen molar-refractivity contribution in [2.45, 2.75) is 123 Å². The Bertz CT molecular complexity index is 2530. The molecule has 59 heavy (non-hydrogen) atoms. The van der Waals surface area contributed by atoms with Gasteiger partial charge >= 0.3 is 0 Å². The van der Waals surface area contributed by atoms with Crippen molar-refractivity contribution >= 4 is 21.8 Å². The lowest BCUT2D eigenvalue weighted by Gasteiger charge is -2.32. The second-order valence-electron chi connectivity index (χ2n) is 16.6. The van der Waals surface area contributed by atoms with Crippen molar-refractivity contribution in [3.05, 3.63) is 150 Å². The van der Waals surface area contributed by atoms with Crippen LogP contribution in [0.3, 0.4) is 0 Å². The fourth-order valence-corrected chi connectivity index (χ4v) is 8.51. The predicted molar refractivity (Wildman–Crippen MR) is 238 cm³/mol. The second kappa shape index (κ2) is 17.4. The summed E-state index contributed by atoms with van der Waals surface area (Å²) in [5.74, 6) is 1.86. The summed E-state index contributed by atoms with van der Waals surface area (Å²) in [5, 5.41) is 22.0. The molecule has 2 aliphatic rings. The molecule has 2 aromatic heterocycles. The number of aryl methyl sites for hydroxylation is 6. The van der Waals surface area contributed by atoms with Gasteiger partial charge in [0.05, 0.1) is 23.0 Å². The summed E-state index contributed by atoms with van der Waals surface area (Å²) in [6, 6.07) is 33.3. The molecule has 2 N–H and O–H groups in total. The fraction of sp³-hybridized carbons (Fsp3) is 0.373. The van der Waals surface area contributed by atoms with E-state index >= 15 is 0 Å². The number of hydrogen-bond donors (Lipinski definition) is 2. The van der Waals surface area contributed by atoms with Gasteiger partial charge in [-0.2, -0.15) is 10.5 Å². The molecule has 0 bridgehead atoms. The number of nitrogens with one attached hydrogen (secondary N) is 2. The van der Waals surface area contributed by atoms with E-state index < -0.39 is 10.8 Å². The zero-order valence-electron chi connectivity index (χ0n) is 34.4. The van der Waals surface area contributed by atoms with E-state index in [1.54, 1.807) is 0 Å². The molecule has 304 valence electrons. The summed E-state index contributed by atoms with van der Waals surface area (Å²) in [6.45, 7) is 12.0. The van der Waals surface area contributed by atoms with Crippen molar-refractivity contribution in [3.63, 3.8) is 0 Å². The van der Waals surface area contributed by atoms with Gasteiger partial charge in [0.2, 0.25) is 0 Å². The zero-order valence-corrected chi connectivity index (χ0v) is 34.4. The number of aromatic nitrogens is 2. The van der Waals surface area contributed by atoms with Gasteiger partial charge in [0.25, 0.3) is 11.1 Å². The van der Waals surface area contributed by atoms with Crippen LogP contribution >= 0.6 is 0 Å². The molecular weight excluding hydrogens is 733 g/mol. The van der Waals surface area contributed by atoms with E-state index in [4.69, 9.17) is 9.47 Å². The average Bonchev–Trinajstić information content (AvgIpc) is 3.23. The van der Waals surface area contributed by atoms with Crippen LogP contribution in [-0.2, 0) is 36.5 Å². The molecule has 6 aromatic rings. The SMILES string of the molecule is C.CCc1cc2ccc([C@@](C)(C#N)C[C@@H]3CCc4cc(C)ccc4O3)cc2[nH]c1=O.CCc1cc2ccc([C@](C)(C#N)C[C@@H]3CCc4cc(C)ccc4O3)cc2[nH]c1=O. The minimum absolute atomic E-state index is 0. The molecule has 0 unspecified atom stereocenters. The average molecular weight is 789 g/mol. The Morgan fingerprint density at radius 3 is 1.41 bits per heavy atom. The Hall–Kier alpha value is -6.12. The largest absolute Gasteiger partial charge is 0.490 e. The highest BCUT2D eigenvalue weighted by atomic mass is 16.5. The summed E-state index contributed by atoms with van der Waals surface area (Å²) in [5.41, 5.74) is 8.39. The maximum atomic E-state index is 12.2. The standard InChI is InChI=1S/2C25H26N2O2.CH4/c2*1-4-17-12-18-6-8-20(13-22(18)27-24(17)28)25(3,15-26)14-21-9-7-19-11-16(2)5-10-23(19)29-21;/h2*5-6,8,10-13,21H,4,7,9,14H2,1-3H3,(H,27,28);1H4/t21-,25+;21-,25-;/m00./s1. The molecule has 8 rings (SSSR count). The molecule has 0 saturated heterocycles. The van der Waals surface area contributed by atoms with Crippen LogP contribution in [0.4, 0.5) is 0 Å². The topological polar surface area (TPSA) is 132 Å². The molecule has 8 nitrogen and oxygen atoms in total. The number of nitriles is 2. The number of ether oxygens (including phenoxy) is 2. The summed E-state index contributed by atoms with van der Waals surface area (Å²) >= 11 is 0. The summed E-state index contributed by atoms with van der Waals surface area (Å²) < 4.78 is 12.5. The third-order valence-corrected chi connectivity index (χ3v) is 12.1. The number of hydrogen-bond acceptors (Lipinski definition) is 6. The number of fused-ring (bicyclic) bond motifs is 4. The quantitative estimate of drug-likeness (QED) is 0.158. The van der Waals surface area contributed by atoms with Crippen LogP contribution in [0.25, 0.3) is 21.8 Å². The molecular formula is C51H56N4O4. The first kappa shape index (κ1) is 42.5. The van der Waals surface area contributed by atoms with E-state index in [1.807, 2.05) is 88.4 Å². The first-order chi connectivity index (χ1) is 27.8. The number of nitrogens with zero attached hydrogens (tertiary/aromatic N) is 2. The van der Waals surface area contributed by atoms with Gasteiger partial charge < -0.3 is 19.4 Å². The van der Waals surface area contributed by atoms with E-state index in [0.29, 0.717) is 25.7 Å². The van der Waals surface area contributed by atoms with Crippen LogP contribution < -0.4 is 20.6 Å². The maximum Gasteiger partial charge on any atom is 0.251 e. The van der Waals surface area contributed by atoms with Crippen LogP contribution in [0, 0.1) is 36.5 Å². The minimum atomic E-state index is -0.693. The number of pyridine rings is 2. The number of aromatic amines is 2. The van der Waals surface area contributed by atoms with Gasteiger partial charge in [-0.3, -0.25) is 9.59 Å². The second-order valence-corrected chi connectivity index (χ2v) is 16.6. The van der Waals surface area contributed by atoms with Crippen molar-refractivity contribution < 1.29 is 9.47 Å². The molecule has 0 saturated carbocycles. The Labute approximate surface area is 347 Å². The Balaban J connectivity index is 0.000000195. The summed E-state index contributed by atoms with van der Waals surface area (Å²) in [6.07, 6.45) is 6.34. The van der Waals surface area contributed by atoms with Gasteiger partial charge in [-0.15, -0.1) is 0 Å². The van der Waals surface area contributed by atoms with E-state index in [9.17, 15) is 20.1 Å². The molecule has 0 radical (unpaired) electrons. The normalized spacial score (nSPS) is 17.5. The molecule has 4 heterocycles. The van der Waals surface area contributed by atoms with Crippen LogP contribution in [0.15, 0.2) is 94.5 Å². The van der Waals surface area contributed by atoms with Gasteiger partial charge in [-0.25, -0.2) is 0 Å². The molecule has 4 aromatic carbocycles. The zero-order chi connectivity index (χ0) is 41.2. The van der Waals surface area contributed by atoms with Crippen molar-refractivity contribution in [1.82, 2.24) is 9.97 Å². The molecule has 2 aliphatic heterocycles. The minimum Gasteiger partial charge on any atom is -0.490 e. The van der Waals surface area contributed by atoms with Crippen molar-refractivity contribution in [3.8, 4) is 23.6 Å². The lowest BCUT2D eigenvalue weighted by Crippen LogP contribution is -2.32. The Kier molecular flexibility index (Phi) is 12.5. The summed E-state index contributed by atoms with van der Waals surface area (Å²) in [7, 11) is 0. The van der Waals surface area contributed by atoms with Gasteiger partial charge in [0.15, 0.2) is 0 Å². The molecule has 4 atom stereocenters. The predicted octanol–water partition coefficient (Wildman–Crippen LogP) is 10.6. The first-order valence-electron chi connectivity index (χ1n) is 20.5. The molecule has 8 heteroatoms. The van der Waals surface area contributed by atoms with E-state index in [1.165, 1.54) is 22.3 Å². The van der Waals surface area contributed by atoms with Crippen molar-refractivity contribution in [2.24, 2.45) is 0 Å². The van der Waals surface area contributed by atoms with E-state index in [2.05, 4.69) is 60.2 Å². The van der Waals surface area contributed by atoms with Crippen LogP contribution in [0.1, 0.15) is 105 Å². The van der Waals surface area contributed by atoms with Crippen LogP contribution in [0.5, 0.6) is 11.5 Å². The smallest absolute Gasteiger partial charge is 0.251 e. The van der Waals surface area contributed by atoms with E-state index in [0.717, 1.165) is 81.2 Å². The van der Waals surface area contributed by atoms with Gasteiger partial charge in [-0.05, 0) is 136 Å². The molecule has 0 amide bonds. The van der Waals surface area contributed by atoms with Crippen LogP contribution in [0.2, 0.25) is 0 Å². The Morgan fingerprint density at radius 2 is 1.03 bits per heavy atom. The van der Waals surface area contributed by atoms with Gasteiger partial charge in [-0.1, -0.05) is 80.9 Å². The third kappa shape index (κ3) is 8.98. The van der Waals surface area contributed by atoms with Gasteiger partial charge in [0, 0.05) is 35.0 Å². The van der Waals surface area contributed by atoms with Gasteiger partial charge in [0.1, 0.15) is 23.7 Å². The maximum absolute atomic E-state index is 12.2. The van der Waals surface area contributed by atoms with Crippen LogP contribution in [-0.4, -0.2) is 22.2 Å². The van der Waals surface area contributed by atoms with Crippen molar-refractivity contribution in [1.29, 1.82) is 10.5 Å². The summed E-state index contributed by atoms with van der Waals surface area (Å²) in [4.78, 5) is 30.4. The number of rotatable bonds is 8. The van der Waals surface area contributed by atoms with Crippen molar-refractivity contribution in [2.75, 3.05) is 0 Å². The third-order valence-electron chi connectivity index (χ3n) is 12.1. The lowest BCUT2D eigenvalue weighted by atomic mass is 9.77. The number of benzene rings is 4. The lowest BCUT2D eigenvalue weighted by molar-refractivity contribution is 0.146. The molecule has 0 aliphatic carbocycles. The highest BCUT2D eigenvalue weighted by Crippen LogP contribution is 2.38. The monoisotopic (exact) mass is 788 g/mol. The highest BCUT2D eigenvalue weighted by molar-refractivity contribution is 5.81. The van der Waals surface area contributed by atoms with E-state index in [-0.39, 0.29) is 30.8 Å². The Morgan fingerprint density at radius 1 is 0.627 bits per heavy atom. The first-order valence-corrected chi connectivity index (χ1v) is 20.5. The molecule has 0 fully saturated rings. The molecule has 0 spiro atoms.